The molecule has 1 fully saturated rings. The van der Waals surface area contributed by atoms with Crippen LogP contribution in [0.2, 0.25) is 0 Å². The van der Waals surface area contributed by atoms with E-state index < -0.39 is 36.8 Å². The monoisotopic (exact) mass is 413 g/mol. The third-order valence-corrected chi connectivity index (χ3v) is 5.65. The maximum Gasteiger partial charge on any atom is 0.222 e. The minimum atomic E-state index is -2.35. The Bertz CT molecular complexity index is 920. The van der Waals surface area contributed by atoms with Crippen LogP contribution in [0.15, 0.2) is 42.5 Å². The number of aliphatic hydroxyl groups is 5. The maximum atomic E-state index is 11.0. The van der Waals surface area contributed by atoms with Crippen LogP contribution in [0.3, 0.4) is 0 Å². The van der Waals surface area contributed by atoms with Crippen molar-refractivity contribution in [3.8, 4) is 6.07 Å². The average Bonchev–Trinajstić information content (AvgIpc) is 2.75. The molecule has 2 aromatic carbocycles. The quantitative estimate of drug-likeness (QED) is 0.491. The van der Waals surface area contributed by atoms with E-state index in [1.165, 1.54) is 23.8 Å². The summed E-state index contributed by atoms with van der Waals surface area (Å²) in [6.07, 6.45) is -5.99. The summed E-state index contributed by atoms with van der Waals surface area (Å²) in [6.45, 7) is 3.56. The molecule has 0 aromatic heterocycles. The SMILES string of the molecule is CC(C)c1ccc(Cc2cc([C@@]3(O)O[C@H](CO)[C@@H](O)[C@H](O)[C@H]3O)ccc2C#N)cc1. The standard InChI is InChI=1S/C23H27NO6/c1-13(2)15-5-3-14(4-6-15)9-17-10-18(8-7-16(17)11-24)23(29)22(28)21(27)20(26)19(12-25)30-23/h3-8,10,13,19-22,25-29H,9,12H2,1-2H3/t19-,20-,21+,22-,23-/m1/s1. The van der Waals surface area contributed by atoms with E-state index >= 15 is 0 Å². The van der Waals surface area contributed by atoms with Crippen LogP contribution in [0.4, 0.5) is 0 Å². The average molecular weight is 413 g/mol. The van der Waals surface area contributed by atoms with Crippen molar-refractivity contribution in [1.29, 1.82) is 5.26 Å². The second kappa shape index (κ2) is 8.82. The number of ether oxygens (including phenoxy) is 1. The summed E-state index contributed by atoms with van der Waals surface area (Å²) in [6, 6.07) is 14.6. The van der Waals surface area contributed by atoms with E-state index in [9.17, 15) is 30.8 Å². The highest BCUT2D eigenvalue weighted by atomic mass is 16.7. The normalized spacial score (nSPS) is 29.0. The van der Waals surface area contributed by atoms with Crippen LogP contribution in [-0.2, 0) is 16.9 Å². The van der Waals surface area contributed by atoms with E-state index in [0.29, 0.717) is 23.5 Å². The fourth-order valence-corrected chi connectivity index (χ4v) is 3.70. The molecular weight excluding hydrogens is 386 g/mol. The van der Waals surface area contributed by atoms with Crippen molar-refractivity contribution in [2.24, 2.45) is 0 Å². The number of aliphatic hydroxyl groups excluding tert-OH is 4. The molecule has 1 saturated heterocycles. The Labute approximate surface area is 175 Å². The fourth-order valence-electron chi connectivity index (χ4n) is 3.70. The van der Waals surface area contributed by atoms with Gasteiger partial charge in [-0.3, -0.25) is 0 Å². The predicted molar refractivity (Wildman–Crippen MR) is 108 cm³/mol. The largest absolute Gasteiger partial charge is 0.394 e. The molecule has 0 saturated carbocycles. The smallest absolute Gasteiger partial charge is 0.222 e. The molecule has 30 heavy (non-hydrogen) atoms. The first-order chi connectivity index (χ1) is 14.2. The van der Waals surface area contributed by atoms with Crippen molar-refractivity contribution < 1.29 is 30.3 Å². The van der Waals surface area contributed by atoms with Gasteiger partial charge in [-0.2, -0.15) is 5.26 Å². The number of hydrogen-bond acceptors (Lipinski definition) is 7. The summed E-state index contributed by atoms with van der Waals surface area (Å²) < 4.78 is 5.39. The third kappa shape index (κ3) is 4.12. The lowest BCUT2D eigenvalue weighted by molar-refractivity contribution is -0.357. The second-order valence-corrected chi connectivity index (χ2v) is 8.02. The lowest BCUT2D eigenvalue weighted by Gasteiger charge is -2.45. The minimum absolute atomic E-state index is 0.118. The van der Waals surface area contributed by atoms with E-state index in [-0.39, 0.29) is 5.56 Å². The molecule has 0 aliphatic carbocycles. The molecule has 7 nitrogen and oxygen atoms in total. The highest BCUT2D eigenvalue weighted by molar-refractivity contribution is 5.44. The van der Waals surface area contributed by atoms with Gasteiger partial charge in [0.05, 0.1) is 18.2 Å². The number of benzene rings is 2. The molecule has 1 heterocycles. The van der Waals surface area contributed by atoms with E-state index in [4.69, 9.17) is 4.74 Å². The zero-order chi connectivity index (χ0) is 22.1. The molecule has 5 atom stereocenters. The van der Waals surface area contributed by atoms with Crippen LogP contribution in [-0.4, -0.2) is 56.6 Å². The molecule has 2 aromatic rings. The number of rotatable bonds is 5. The summed E-state index contributed by atoms with van der Waals surface area (Å²) in [5.74, 6) is -1.95. The maximum absolute atomic E-state index is 11.0. The highest BCUT2D eigenvalue weighted by Gasteiger charge is 2.53. The van der Waals surface area contributed by atoms with Gasteiger partial charge in [0.1, 0.15) is 24.4 Å². The Balaban J connectivity index is 1.96. The molecule has 160 valence electrons. The molecular formula is C23H27NO6. The van der Waals surface area contributed by atoms with E-state index in [0.717, 1.165) is 5.56 Å². The molecule has 1 aliphatic rings. The van der Waals surface area contributed by atoms with E-state index in [1.54, 1.807) is 0 Å². The first-order valence-corrected chi connectivity index (χ1v) is 9.88. The summed E-state index contributed by atoms with van der Waals surface area (Å²) in [4.78, 5) is 0. The predicted octanol–water partition coefficient (Wildman–Crippen LogP) is 0.891. The summed E-state index contributed by atoms with van der Waals surface area (Å²) in [7, 11) is 0. The zero-order valence-corrected chi connectivity index (χ0v) is 16.9. The number of nitriles is 1. The van der Waals surface area contributed by atoms with Gasteiger partial charge in [0.25, 0.3) is 0 Å². The first-order valence-electron chi connectivity index (χ1n) is 9.88. The Kier molecular flexibility index (Phi) is 6.58. The Hall–Kier alpha value is -2.31. The van der Waals surface area contributed by atoms with Gasteiger partial charge in [-0.05, 0) is 41.2 Å². The summed E-state index contributed by atoms with van der Waals surface area (Å²) >= 11 is 0. The second-order valence-electron chi connectivity index (χ2n) is 8.02. The van der Waals surface area contributed by atoms with Crippen LogP contribution >= 0.6 is 0 Å². The molecule has 0 unspecified atom stereocenters. The van der Waals surface area contributed by atoms with Crippen molar-refractivity contribution in [3.05, 3.63) is 70.3 Å². The molecule has 7 heteroatoms. The van der Waals surface area contributed by atoms with Crippen molar-refractivity contribution in [3.63, 3.8) is 0 Å². The van der Waals surface area contributed by atoms with E-state index in [2.05, 4.69) is 19.9 Å². The Morgan fingerprint density at radius 2 is 1.73 bits per heavy atom. The lowest BCUT2D eigenvalue weighted by Crippen LogP contribution is -2.63. The number of nitrogens with zero attached hydrogens (tertiary/aromatic N) is 1. The van der Waals surface area contributed by atoms with Crippen molar-refractivity contribution >= 4 is 0 Å². The molecule has 0 radical (unpaired) electrons. The molecule has 5 N–H and O–H groups in total. The molecule has 3 rings (SSSR count). The van der Waals surface area contributed by atoms with Gasteiger partial charge in [-0.15, -0.1) is 0 Å². The number of hydrogen-bond donors (Lipinski definition) is 5. The summed E-state index contributed by atoms with van der Waals surface area (Å²) in [5.41, 5.74) is 3.29. The molecule has 0 spiro atoms. The van der Waals surface area contributed by atoms with Crippen LogP contribution in [0.1, 0.15) is 47.6 Å². The van der Waals surface area contributed by atoms with Gasteiger partial charge in [-0.1, -0.05) is 44.2 Å². The van der Waals surface area contributed by atoms with Crippen LogP contribution in [0, 0.1) is 11.3 Å². The third-order valence-electron chi connectivity index (χ3n) is 5.65. The highest BCUT2D eigenvalue weighted by Crippen LogP contribution is 2.37. The van der Waals surface area contributed by atoms with E-state index in [1.807, 2.05) is 24.3 Å². The van der Waals surface area contributed by atoms with Gasteiger partial charge in [-0.25, -0.2) is 0 Å². The van der Waals surface area contributed by atoms with Crippen LogP contribution in [0.25, 0.3) is 0 Å². The minimum Gasteiger partial charge on any atom is -0.394 e. The summed E-state index contributed by atoms with van der Waals surface area (Å²) in [5, 5.41) is 60.3. The van der Waals surface area contributed by atoms with Crippen molar-refractivity contribution in [1.82, 2.24) is 0 Å². The Morgan fingerprint density at radius 3 is 2.30 bits per heavy atom. The van der Waals surface area contributed by atoms with Gasteiger partial charge in [0.15, 0.2) is 0 Å². The van der Waals surface area contributed by atoms with Crippen LogP contribution in [0.5, 0.6) is 0 Å². The van der Waals surface area contributed by atoms with Crippen molar-refractivity contribution in [2.75, 3.05) is 6.61 Å². The van der Waals surface area contributed by atoms with Gasteiger partial charge in [0, 0.05) is 5.56 Å². The van der Waals surface area contributed by atoms with Gasteiger partial charge in [0.2, 0.25) is 5.79 Å². The topological polar surface area (TPSA) is 134 Å². The zero-order valence-electron chi connectivity index (χ0n) is 16.9. The fraction of sp³-hybridized carbons (Fsp3) is 0.435. The first kappa shape index (κ1) is 22.4. The Morgan fingerprint density at radius 1 is 1.07 bits per heavy atom. The lowest BCUT2D eigenvalue weighted by atomic mass is 9.86. The van der Waals surface area contributed by atoms with Crippen molar-refractivity contribution in [2.45, 2.75) is 56.4 Å². The van der Waals surface area contributed by atoms with Gasteiger partial charge >= 0.3 is 0 Å². The molecule has 0 bridgehead atoms. The van der Waals surface area contributed by atoms with Crippen LogP contribution < -0.4 is 0 Å². The molecule has 0 amide bonds. The van der Waals surface area contributed by atoms with Gasteiger partial charge < -0.3 is 30.3 Å². The molecule has 1 aliphatic heterocycles.